The molecule has 3 aromatic carbocycles. The highest BCUT2D eigenvalue weighted by molar-refractivity contribution is 6.06. The maximum absolute atomic E-state index is 4.80. The number of aromatic nitrogens is 6. The molecule has 9 aromatic rings. The van der Waals surface area contributed by atoms with Gasteiger partial charge in [-0.25, -0.2) is 0 Å². The largest absolute Gasteiger partial charge is 0.311 e. The van der Waals surface area contributed by atoms with Crippen LogP contribution < -0.4 is 0 Å². The average molecular weight is 685 g/mol. The molecule has 6 heteroatoms. The standard InChI is InChI=1S/C47H36N6/c1-31-7-4-9-39-46-44(12-6-26-49-46)53(47(31)39)37-21-15-33(16-22-37)28-35-18-24-41(51-30-35)40-23-17-34(29-50-40)27-32-13-19-36(20-14-32)52-42-10-3-2-8-38(42)45-43(52)11-5-25-48-45/h2-6,8-26,29-31H,7,27-28H2,1H3. The van der Waals surface area contributed by atoms with Crippen LogP contribution in [0.4, 0.5) is 0 Å². The van der Waals surface area contributed by atoms with Crippen molar-refractivity contribution in [3.05, 3.63) is 186 Å². The van der Waals surface area contributed by atoms with E-state index in [0.29, 0.717) is 5.92 Å². The van der Waals surface area contributed by atoms with Crippen LogP contribution in [0.25, 0.3) is 61.8 Å². The second-order valence-electron chi connectivity index (χ2n) is 14.1. The molecule has 0 N–H and O–H groups in total. The lowest BCUT2D eigenvalue weighted by Gasteiger charge is -2.19. The van der Waals surface area contributed by atoms with Crippen molar-refractivity contribution < 1.29 is 0 Å². The number of para-hydroxylation sites is 1. The monoisotopic (exact) mass is 684 g/mol. The van der Waals surface area contributed by atoms with Crippen LogP contribution in [0.3, 0.4) is 0 Å². The fourth-order valence-electron chi connectivity index (χ4n) is 8.01. The number of benzene rings is 3. The molecule has 6 heterocycles. The van der Waals surface area contributed by atoms with Crippen LogP contribution >= 0.6 is 0 Å². The van der Waals surface area contributed by atoms with E-state index < -0.39 is 0 Å². The third-order valence-electron chi connectivity index (χ3n) is 10.6. The van der Waals surface area contributed by atoms with Gasteiger partial charge >= 0.3 is 0 Å². The fourth-order valence-corrected chi connectivity index (χ4v) is 8.01. The topological polar surface area (TPSA) is 61.4 Å². The molecule has 254 valence electrons. The molecule has 6 nitrogen and oxygen atoms in total. The van der Waals surface area contributed by atoms with E-state index >= 15 is 0 Å². The normalized spacial score (nSPS) is 13.9. The van der Waals surface area contributed by atoms with Gasteiger partial charge in [0.1, 0.15) is 0 Å². The number of fused-ring (bicyclic) bond motifs is 6. The highest BCUT2D eigenvalue weighted by atomic mass is 15.0. The molecule has 0 amide bonds. The lowest BCUT2D eigenvalue weighted by molar-refractivity contribution is 0.723. The highest BCUT2D eigenvalue weighted by Crippen LogP contribution is 2.38. The van der Waals surface area contributed by atoms with Crippen LogP contribution in [-0.4, -0.2) is 29.1 Å². The van der Waals surface area contributed by atoms with E-state index in [4.69, 9.17) is 15.0 Å². The van der Waals surface area contributed by atoms with E-state index in [-0.39, 0.29) is 0 Å². The molecule has 0 fully saturated rings. The molecule has 0 saturated heterocycles. The van der Waals surface area contributed by atoms with Gasteiger partial charge in [0.2, 0.25) is 0 Å². The Morgan fingerprint density at radius 2 is 1.08 bits per heavy atom. The Hall–Kier alpha value is -6.66. The summed E-state index contributed by atoms with van der Waals surface area (Å²) in [6.45, 7) is 2.30. The molecular formula is C47H36N6. The van der Waals surface area contributed by atoms with Crippen molar-refractivity contribution in [2.24, 2.45) is 0 Å². The van der Waals surface area contributed by atoms with Gasteiger partial charge in [-0.1, -0.05) is 73.7 Å². The van der Waals surface area contributed by atoms with Crippen LogP contribution in [0, 0.1) is 0 Å². The third-order valence-corrected chi connectivity index (χ3v) is 10.6. The number of pyridine rings is 4. The second kappa shape index (κ2) is 12.8. The molecule has 1 aliphatic carbocycles. The highest BCUT2D eigenvalue weighted by Gasteiger charge is 2.24. The van der Waals surface area contributed by atoms with Gasteiger partial charge in [0.25, 0.3) is 0 Å². The summed E-state index contributed by atoms with van der Waals surface area (Å²) in [7, 11) is 0. The molecule has 0 saturated carbocycles. The molecule has 53 heavy (non-hydrogen) atoms. The van der Waals surface area contributed by atoms with Crippen molar-refractivity contribution in [1.82, 2.24) is 29.1 Å². The quantitative estimate of drug-likeness (QED) is 0.168. The summed E-state index contributed by atoms with van der Waals surface area (Å²) in [6, 6.07) is 43.0. The molecule has 0 aliphatic heterocycles. The van der Waals surface area contributed by atoms with Crippen LogP contribution in [0.5, 0.6) is 0 Å². The van der Waals surface area contributed by atoms with E-state index in [1.54, 1.807) is 0 Å². The summed E-state index contributed by atoms with van der Waals surface area (Å²) >= 11 is 0. The molecule has 1 aliphatic rings. The van der Waals surface area contributed by atoms with Gasteiger partial charge < -0.3 is 9.13 Å². The van der Waals surface area contributed by atoms with Crippen molar-refractivity contribution in [3.63, 3.8) is 0 Å². The SMILES string of the molecule is CC1CC=Cc2c1n(-c1ccc(Cc3ccc(-c4ccc(Cc5ccc(-n6c7ccccc7c7ncccc76)cc5)cn4)nc3)cc1)c1cccnc21. The van der Waals surface area contributed by atoms with Crippen molar-refractivity contribution in [2.75, 3.05) is 0 Å². The Labute approximate surface area is 307 Å². The van der Waals surface area contributed by atoms with Gasteiger partial charge in [-0.3, -0.25) is 19.9 Å². The zero-order valence-electron chi connectivity index (χ0n) is 29.4. The number of allylic oxidation sites excluding steroid dienone is 1. The molecule has 0 radical (unpaired) electrons. The minimum Gasteiger partial charge on any atom is -0.311 e. The Bertz CT molecular complexity index is 2740. The third kappa shape index (κ3) is 5.51. The van der Waals surface area contributed by atoms with Gasteiger partial charge in [-0.05, 0) is 108 Å². The molecule has 1 unspecified atom stereocenters. The lowest BCUT2D eigenvalue weighted by atomic mass is 9.94. The van der Waals surface area contributed by atoms with Crippen LogP contribution in [0.1, 0.15) is 52.8 Å². The van der Waals surface area contributed by atoms with Gasteiger partial charge in [0.15, 0.2) is 0 Å². The molecule has 10 rings (SSSR count). The molecule has 0 bridgehead atoms. The first-order valence-electron chi connectivity index (χ1n) is 18.3. The fraction of sp³-hybridized carbons (Fsp3) is 0.106. The van der Waals surface area contributed by atoms with Gasteiger partial charge in [0.05, 0.1) is 39.0 Å². The minimum absolute atomic E-state index is 0.439. The first kappa shape index (κ1) is 31.1. The first-order valence-corrected chi connectivity index (χ1v) is 18.3. The second-order valence-corrected chi connectivity index (χ2v) is 14.1. The molecule has 0 spiro atoms. The van der Waals surface area contributed by atoms with E-state index in [9.17, 15) is 0 Å². The Morgan fingerprint density at radius 3 is 1.70 bits per heavy atom. The number of hydrogen-bond acceptors (Lipinski definition) is 4. The average Bonchev–Trinajstić information content (AvgIpc) is 3.73. The zero-order chi connectivity index (χ0) is 35.3. The lowest BCUT2D eigenvalue weighted by Crippen LogP contribution is -2.07. The van der Waals surface area contributed by atoms with Gasteiger partial charge in [-0.15, -0.1) is 0 Å². The predicted molar refractivity (Wildman–Crippen MR) is 215 cm³/mol. The molecular weight excluding hydrogens is 649 g/mol. The first-order chi connectivity index (χ1) is 26.2. The van der Waals surface area contributed by atoms with Crippen LogP contribution in [-0.2, 0) is 12.8 Å². The number of hydrogen-bond donors (Lipinski definition) is 0. The summed E-state index contributed by atoms with van der Waals surface area (Å²) in [5.41, 5.74) is 17.0. The van der Waals surface area contributed by atoms with Crippen LogP contribution in [0.15, 0.2) is 152 Å². The minimum atomic E-state index is 0.439. The maximum atomic E-state index is 4.80. The van der Waals surface area contributed by atoms with E-state index in [0.717, 1.165) is 63.9 Å². The van der Waals surface area contributed by atoms with Crippen molar-refractivity contribution in [2.45, 2.75) is 32.1 Å². The summed E-state index contributed by atoms with van der Waals surface area (Å²) in [5.74, 6) is 0.439. The van der Waals surface area contributed by atoms with Gasteiger partial charge in [0, 0.05) is 58.7 Å². The van der Waals surface area contributed by atoms with Gasteiger partial charge in [-0.2, -0.15) is 0 Å². The summed E-state index contributed by atoms with van der Waals surface area (Å²) in [5, 5.41) is 1.17. The Balaban J connectivity index is 0.821. The van der Waals surface area contributed by atoms with E-state index in [1.807, 2.05) is 36.9 Å². The molecule has 1 atom stereocenters. The smallest absolute Gasteiger partial charge is 0.0963 e. The maximum Gasteiger partial charge on any atom is 0.0963 e. The predicted octanol–water partition coefficient (Wildman–Crippen LogP) is 10.7. The summed E-state index contributed by atoms with van der Waals surface area (Å²) < 4.78 is 4.69. The summed E-state index contributed by atoms with van der Waals surface area (Å²) in [4.78, 5) is 19.0. The van der Waals surface area contributed by atoms with E-state index in [2.05, 4.69) is 142 Å². The number of nitrogens with zero attached hydrogens (tertiary/aromatic N) is 6. The Kier molecular flexibility index (Phi) is 7.53. The summed E-state index contributed by atoms with van der Waals surface area (Å²) in [6.07, 6.45) is 14.9. The van der Waals surface area contributed by atoms with Crippen molar-refractivity contribution >= 4 is 39.0 Å². The van der Waals surface area contributed by atoms with Crippen molar-refractivity contribution in [1.29, 1.82) is 0 Å². The number of rotatable bonds is 7. The zero-order valence-corrected chi connectivity index (χ0v) is 29.4. The van der Waals surface area contributed by atoms with E-state index in [1.165, 1.54) is 44.6 Å². The van der Waals surface area contributed by atoms with Crippen molar-refractivity contribution in [3.8, 4) is 22.8 Å². The Morgan fingerprint density at radius 1 is 0.528 bits per heavy atom. The molecule has 6 aromatic heterocycles. The van der Waals surface area contributed by atoms with Crippen LogP contribution in [0.2, 0.25) is 0 Å².